The molecular weight excluding hydrogens is 210 g/mol. The van der Waals surface area contributed by atoms with E-state index < -0.39 is 4.92 Å². The maximum absolute atomic E-state index is 10.6. The zero-order valence-electron chi connectivity index (χ0n) is 8.47. The smallest absolute Gasteiger partial charge is 0.273 e. The van der Waals surface area contributed by atoms with Crippen LogP contribution in [-0.2, 0) is 0 Å². The quantitative estimate of drug-likeness (QED) is 0.561. The molecule has 2 rings (SSSR count). The standard InChI is InChI=1S/C10H9N3O3/c1-5-2-9(11)12-10-7(5)3-6(13(15)16)4-8(10)14/h2-4,14H,1H3,(H2,11,12). The lowest BCUT2D eigenvalue weighted by molar-refractivity contribution is -0.384. The van der Waals surface area contributed by atoms with Crippen molar-refractivity contribution in [1.29, 1.82) is 0 Å². The minimum absolute atomic E-state index is 0.167. The Balaban J connectivity index is 2.87. The van der Waals surface area contributed by atoms with Crippen LogP contribution in [-0.4, -0.2) is 15.0 Å². The number of benzene rings is 1. The Labute approximate surface area is 90.5 Å². The summed E-state index contributed by atoms with van der Waals surface area (Å²) in [5.41, 5.74) is 6.39. The minimum Gasteiger partial charge on any atom is -0.505 e. The molecule has 0 radical (unpaired) electrons. The number of pyridine rings is 1. The average molecular weight is 219 g/mol. The highest BCUT2D eigenvalue weighted by Gasteiger charge is 2.13. The van der Waals surface area contributed by atoms with E-state index in [9.17, 15) is 15.2 Å². The van der Waals surface area contributed by atoms with Gasteiger partial charge in [0.25, 0.3) is 5.69 Å². The molecule has 0 fully saturated rings. The number of anilines is 1. The number of hydrogen-bond acceptors (Lipinski definition) is 5. The Morgan fingerprint density at radius 3 is 2.75 bits per heavy atom. The van der Waals surface area contributed by atoms with Crippen molar-refractivity contribution >= 4 is 22.4 Å². The molecule has 0 saturated heterocycles. The van der Waals surface area contributed by atoms with E-state index in [2.05, 4.69) is 4.98 Å². The number of nitrogens with two attached hydrogens (primary N) is 1. The normalized spacial score (nSPS) is 10.6. The summed E-state index contributed by atoms with van der Waals surface area (Å²) < 4.78 is 0. The molecule has 0 amide bonds. The second kappa shape index (κ2) is 3.34. The number of fused-ring (bicyclic) bond motifs is 1. The van der Waals surface area contributed by atoms with Crippen molar-refractivity contribution in [3.05, 3.63) is 33.9 Å². The number of hydrogen-bond donors (Lipinski definition) is 2. The Hall–Kier alpha value is -2.37. The summed E-state index contributed by atoms with van der Waals surface area (Å²) in [4.78, 5) is 14.0. The van der Waals surface area contributed by atoms with E-state index >= 15 is 0 Å². The van der Waals surface area contributed by atoms with Crippen LogP contribution < -0.4 is 5.73 Å². The van der Waals surface area contributed by atoms with Crippen LogP contribution in [0.2, 0.25) is 0 Å². The third kappa shape index (κ3) is 1.50. The fourth-order valence-corrected chi connectivity index (χ4v) is 1.59. The van der Waals surface area contributed by atoms with Gasteiger partial charge in [-0.25, -0.2) is 4.98 Å². The van der Waals surface area contributed by atoms with Gasteiger partial charge in [0.15, 0.2) is 0 Å². The van der Waals surface area contributed by atoms with Crippen molar-refractivity contribution in [2.75, 3.05) is 5.73 Å². The molecular formula is C10H9N3O3. The molecule has 0 aliphatic carbocycles. The SMILES string of the molecule is Cc1cc(N)nc2c(O)cc([N+](=O)[O-])cc12. The van der Waals surface area contributed by atoms with E-state index in [1.54, 1.807) is 13.0 Å². The number of aryl methyl sites for hydroxylation is 1. The van der Waals surface area contributed by atoms with Gasteiger partial charge in [-0.05, 0) is 18.6 Å². The predicted octanol–water partition coefficient (Wildman–Crippen LogP) is 1.74. The largest absolute Gasteiger partial charge is 0.505 e. The van der Waals surface area contributed by atoms with Crippen molar-refractivity contribution in [2.45, 2.75) is 6.92 Å². The number of nitro benzene ring substituents is 1. The first-order valence-electron chi connectivity index (χ1n) is 4.53. The van der Waals surface area contributed by atoms with E-state index in [1.165, 1.54) is 6.07 Å². The zero-order chi connectivity index (χ0) is 11.9. The topological polar surface area (TPSA) is 102 Å². The van der Waals surface area contributed by atoms with Gasteiger partial charge >= 0.3 is 0 Å². The van der Waals surface area contributed by atoms with Crippen LogP contribution in [0.3, 0.4) is 0 Å². The molecule has 0 saturated carbocycles. The van der Waals surface area contributed by atoms with Crippen LogP contribution in [0, 0.1) is 17.0 Å². The Morgan fingerprint density at radius 2 is 2.12 bits per heavy atom. The van der Waals surface area contributed by atoms with Gasteiger partial charge in [-0.15, -0.1) is 0 Å². The molecule has 2 aromatic rings. The summed E-state index contributed by atoms with van der Waals surface area (Å²) >= 11 is 0. The number of aromatic hydroxyl groups is 1. The Morgan fingerprint density at radius 1 is 1.44 bits per heavy atom. The van der Waals surface area contributed by atoms with Crippen molar-refractivity contribution < 1.29 is 10.0 Å². The molecule has 1 heterocycles. The summed E-state index contributed by atoms with van der Waals surface area (Å²) in [6.45, 7) is 1.75. The average Bonchev–Trinajstić information content (AvgIpc) is 2.19. The van der Waals surface area contributed by atoms with Crippen molar-refractivity contribution in [3.63, 3.8) is 0 Å². The Bertz CT molecular complexity index is 595. The van der Waals surface area contributed by atoms with E-state index in [-0.39, 0.29) is 22.8 Å². The third-order valence-corrected chi connectivity index (χ3v) is 2.32. The van der Waals surface area contributed by atoms with Gasteiger partial charge in [-0.1, -0.05) is 0 Å². The summed E-state index contributed by atoms with van der Waals surface area (Å²) in [6.07, 6.45) is 0. The number of rotatable bonds is 1. The van der Waals surface area contributed by atoms with Crippen LogP contribution in [0.4, 0.5) is 11.5 Å². The third-order valence-electron chi connectivity index (χ3n) is 2.32. The Kier molecular flexibility index (Phi) is 2.12. The maximum Gasteiger partial charge on any atom is 0.273 e. The molecule has 0 bridgehead atoms. The van der Waals surface area contributed by atoms with Crippen LogP contribution in [0.15, 0.2) is 18.2 Å². The summed E-state index contributed by atoms with van der Waals surface area (Å²) in [5.74, 6) is 0.0359. The molecule has 0 aliphatic rings. The molecule has 1 aromatic carbocycles. The number of phenolic OH excluding ortho intramolecular Hbond substituents is 1. The van der Waals surface area contributed by atoms with Gasteiger partial charge in [0, 0.05) is 11.5 Å². The second-order valence-electron chi connectivity index (χ2n) is 3.48. The first-order chi connectivity index (χ1) is 7.49. The highest BCUT2D eigenvalue weighted by Crippen LogP contribution is 2.31. The molecule has 16 heavy (non-hydrogen) atoms. The van der Waals surface area contributed by atoms with Crippen LogP contribution in [0.5, 0.6) is 5.75 Å². The number of nitrogen functional groups attached to an aromatic ring is 1. The van der Waals surface area contributed by atoms with Gasteiger partial charge in [-0.3, -0.25) is 10.1 Å². The number of nitrogens with zero attached hydrogens (tertiary/aromatic N) is 2. The molecule has 6 heteroatoms. The van der Waals surface area contributed by atoms with Gasteiger partial charge in [0.1, 0.15) is 17.1 Å². The predicted molar refractivity (Wildman–Crippen MR) is 59.2 cm³/mol. The monoisotopic (exact) mass is 219 g/mol. The van der Waals surface area contributed by atoms with E-state index in [4.69, 9.17) is 5.73 Å². The lowest BCUT2D eigenvalue weighted by Crippen LogP contribution is -1.94. The minimum atomic E-state index is -0.561. The van der Waals surface area contributed by atoms with Gasteiger partial charge < -0.3 is 10.8 Å². The zero-order valence-corrected chi connectivity index (χ0v) is 8.47. The molecule has 82 valence electrons. The van der Waals surface area contributed by atoms with Gasteiger partial charge in [0.2, 0.25) is 0 Å². The summed E-state index contributed by atoms with van der Waals surface area (Å²) in [7, 11) is 0. The lowest BCUT2D eigenvalue weighted by Gasteiger charge is -2.05. The molecule has 0 aliphatic heterocycles. The highest BCUT2D eigenvalue weighted by molar-refractivity contribution is 5.90. The van der Waals surface area contributed by atoms with Crippen LogP contribution in [0.1, 0.15) is 5.56 Å². The second-order valence-corrected chi connectivity index (χ2v) is 3.48. The molecule has 0 spiro atoms. The van der Waals surface area contributed by atoms with E-state index in [0.717, 1.165) is 11.6 Å². The number of nitro groups is 1. The molecule has 3 N–H and O–H groups in total. The first kappa shape index (κ1) is 10.2. The summed E-state index contributed by atoms with van der Waals surface area (Å²) in [5, 5.41) is 20.8. The fraction of sp³-hybridized carbons (Fsp3) is 0.100. The number of phenols is 1. The fourth-order valence-electron chi connectivity index (χ4n) is 1.59. The number of non-ortho nitro benzene ring substituents is 1. The molecule has 0 atom stereocenters. The summed E-state index contributed by atoms with van der Waals surface area (Å²) in [6, 6.07) is 4.04. The highest BCUT2D eigenvalue weighted by atomic mass is 16.6. The van der Waals surface area contributed by atoms with Crippen molar-refractivity contribution in [3.8, 4) is 5.75 Å². The van der Waals surface area contributed by atoms with Crippen LogP contribution >= 0.6 is 0 Å². The van der Waals surface area contributed by atoms with E-state index in [0.29, 0.717) is 5.39 Å². The maximum atomic E-state index is 10.6. The van der Waals surface area contributed by atoms with Crippen LogP contribution in [0.25, 0.3) is 10.9 Å². The van der Waals surface area contributed by atoms with Gasteiger partial charge in [0.05, 0.1) is 11.0 Å². The number of aromatic nitrogens is 1. The molecule has 1 aromatic heterocycles. The molecule has 0 unspecified atom stereocenters. The first-order valence-corrected chi connectivity index (χ1v) is 4.53. The van der Waals surface area contributed by atoms with Crippen molar-refractivity contribution in [1.82, 2.24) is 4.98 Å². The van der Waals surface area contributed by atoms with Crippen molar-refractivity contribution in [2.24, 2.45) is 0 Å². The molecule has 6 nitrogen and oxygen atoms in total. The van der Waals surface area contributed by atoms with E-state index in [1.807, 2.05) is 0 Å². The van der Waals surface area contributed by atoms with Gasteiger partial charge in [-0.2, -0.15) is 0 Å². The lowest BCUT2D eigenvalue weighted by atomic mass is 10.1.